The molecular formula is C23H23N5O5S. The fourth-order valence-corrected chi connectivity index (χ4v) is 4.80. The molecule has 34 heavy (non-hydrogen) atoms. The third-order valence-corrected chi connectivity index (χ3v) is 6.91. The zero-order valence-electron chi connectivity index (χ0n) is 18.4. The second-order valence-electron chi connectivity index (χ2n) is 7.91. The average molecular weight is 482 g/mol. The van der Waals surface area contributed by atoms with Crippen molar-refractivity contribution in [3.63, 3.8) is 0 Å². The largest absolute Gasteiger partial charge is 0.355 e. The van der Waals surface area contributed by atoms with Gasteiger partial charge in [0.2, 0.25) is 0 Å². The summed E-state index contributed by atoms with van der Waals surface area (Å²) in [6, 6.07) is 13.2. The van der Waals surface area contributed by atoms with Crippen LogP contribution in [0.2, 0.25) is 0 Å². The number of carbonyl (C=O) groups is 1. The standard InChI is InChI=1S/C23H23N5O5S/c1-16-6-11-19(15-21(16)28(30)31)34(32,33)26-18-9-7-17(8-10-18)23(29)25-20-5-4-12-24-22(20)27-13-2-3-14-27/h4-12,15,26H,2-3,13-14H2,1H3,(H,25,29). The molecule has 2 heterocycles. The summed E-state index contributed by atoms with van der Waals surface area (Å²) in [5, 5.41) is 14.0. The molecule has 4 rings (SSSR count). The van der Waals surface area contributed by atoms with Crippen LogP contribution in [-0.4, -0.2) is 37.3 Å². The maximum absolute atomic E-state index is 12.8. The SMILES string of the molecule is Cc1ccc(S(=O)(=O)Nc2ccc(C(=O)Nc3cccnc3N3CCCC3)cc2)cc1[N+](=O)[O-]. The molecule has 0 aliphatic carbocycles. The molecule has 0 bridgehead atoms. The average Bonchev–Trinajstić information content (AvgIpc) is 3.34. The minimum atomic E-state index is -4.05. The van der Waals surface area contributed by atoms with E-state index in [2.05, 4.69) is 19.9 Å². The van der Waals surface area contributed by atoms with Crippen LogP contribution in [0.5, 0.6) is 0 Å². The first-order chi connectivity index (χ1) is 16.2. The monoisotopic (exact) mass is 481 g/mol. The molecule has 10 nitrogen and oxygen atoms in total. The van der Waals surface area contributed by atoms with Crippen molar-refractivity contribution in [2.75, 3.05) is 28.0 Å². The van der Waals surface area contributed by atoms with Crippen molar-refractivity contribution in [2.24, 2.45) is 0 Å². The maximum atomic E-state index is 12.8. The number of aromatic nitrogens is 1. The number of nitrogens with zero attached hydrogens (tertiary/aromatic N) is 3. The lowest BCUT2D eigenvalue weighted by atomic mass is 10.2. The van der Waals surface area contributed by atoms with Crippen molar-refractivity contribution >= 4 is 38.8 Å². The van der Waals surface area contributed by atoms with Gasteiger partial charge in [-0.25, -0.2) is 13.4 Å². The second kappa shape index (κ2) is 9.48. The molecule has 0 saturated carbocycles. The van der Waals surface area contributed by atoms with Gasteiger partial charge in [0.1, 0.15) is 0 Å². The molecule has 1 fully saturated rings. The molecule has 1 saturated heterocycles. The summed E-state index contributed by atoms with van der Waals surface area (Å²) in [7, 11) is -4.05. The van der Waals surface area contributed by atoms with Crippen LogP contribution in [0, 0.1) is 17.0 Å². The van der Waals surface area contributed by atoms with Crippen molar-refractivity contribution in [3.8, 4) is 0 Å². The third kappa shape index (κ3) is 4.99. The highest BCUT2D eigenvalue weighted by molar-refractivity contribution is 7.92. The maximum Gasteiger partial charge on any atom is 0.273 e. The first-order valence-electron chi connectivity index (χ1n) is 10.6. The first-order valence-corrected chi connectivity index (χ1v) is 12.1. The Bertz CT molecular complexity index is 1340. The number of benzene rings is 2. The lowest BCUT2D eigenvalue weighted by Crippen LogP contribution is -2.22. The second-order valence-corrected chi connectivity index (χ2v) is 9.59. The number of hydrogen-bond acceptors (Lipinski definition) is 7. The molecule has 0 radical (unpaired) electrons. The summed E-state index contributed by atoms with van der Waals surface area (Å²) in [6.07, 6.45) is 3.85. The summed E-state index contributed by atoms with van der Waals surface area (Å²) in [5.41, 5.74) is 1.25. The van der Waals surface area contributed by atoms with Crippen LogP contribution >= 0.6 is 0 Å². The molecule has 3 aromatic rings. The van der Waals surface area contributed by atoms with Gasteiger partial charge in [0.15, 0.2) is 5.82 Å². The van der Waals surface area contributed by atoms with Crippen molar-refractivity contribution in [2.45, 2.75) is 24.7 Å². The smallest absolute Gasteiger partial charge is 0.273 e. The lowest BCUT2D eigenvalue weighted by Gasteiger charge is -2.20. The van der Waals surface area contributed by atoms with E-state index in [0.717, 1.165) is 37.8 Å². The Morgan fingerprint density at radius 3 is 2.47 bits per heavy atom. The van der Waals surface area contributed by atoms with Gasteiger partial charge in [-0.1, -0.05) is 6.07 Å². The van der Waals surface area contributed by atoms with E-state index in [1.165, 1.54) is 43.3 Å². The van der Waals surface area contributed by atoms with Crippen LogP contribution in [-0.2, 0) is 10.0 Å². The zero-order valence-corrected chi connectivity index (χ0v) is 19.2. The summed E-state index contributed by atoms with van der Waals surface area (Å²) in [5.74, 6) is 0.377. The van der Waals surface area contributed by atoms with E-state index < -0.39 is 14.9 Å². The topological polar surface area (TPSA) is 135 Å². The Morgan fingerprint density at radius 2 is 1.79 bits per heavy atom. The molecule has 1 amide bonds. The van der Waals surface area contributed by atoms with Gasteiger partial charge in [0.25, 0.3) is 21.6 Å². The van der Waals surface area contributed by atoms with Crippen LogP contribution in [0.1, 0.15) is 28.8 Å². The van der Waals surface area contributed by atoms with Crippen molar-refractivity contribution in [1.82, 2.24) is 4.98 Å². The number of sulfonamides is 1. The number of nitro groups is 1. The van der Waals surface area contributed by atoms with Gasteiger partial charge in [-0.05, 0) is 62.2 Å². The number of aryl methyl sites for hydroxylation is 1. The minimum Gasteiger partial charge on any atom is -0.355 e. The predicted octanol–water partition coefficient (Wildman–Crippen LogP) is 3.95. The van der Waals surface area contributed by atoms with Gasteiger partial charge in [0.05, 0.1) is 15.5 Å². The Kier molecular flexibility index (Phi) is 6.46. The van der Waals surface area contributed by atoms with Crippen LogP contribution in [0.25, 0.3) is 0 Å². The van der Waals surface area contributed by atoms with Crippen molar-refractivity contribution in [3.05, 3.63) is 82.0 Å². The Morgan fingerprint density at radius 1 is 1.09 bits per heavy atom. The van der Waals surface area contributed by atoms with E-state index in [-0.39, 0.29) is 22.2 Å². The quantitative estimate of drug-likeness (QED) is 0.385. The van der Waals surface area contributed by atoms with Crippen LogP contribution in [0.3, 0.4) is 0 Å². The van der Waals surface area contributed by atoms with Gasteiger partial charge in [0, 0.05) is 42.2 Å². The van der Waals surface area contributed by atoms with Gasteiger partial charge in [-0.3, -0.25) is 19.6 Å². The van der Waals surface area contributed by atoms with Crippen LogP contribution in [0.4, 0.5) is 22.9 Å². The van der Waals surface area contributed by atoms with Gasteiger partial charge < -0.3 is 10.2 Å². The molecule has 1 aliphatic heterocycles. The number of amides is 1. The molecule has 2 N–H and O–H groups in total. The number of rotatable bonds is 7. The summed E-state index contributed by atoms with van der Waals surface area (Å²) in [6.45, 7) is 3.31. The number of nitro benzene ring substituents is 1. The fourth-order valence-electron chi connectivity index (χ4n) is 3.73. The number of nitrogens with one attached hydrogen (secondary N) is 2. The molecule has 1 aliphatic rings. The van der Waals surface area contributed by atoms with Gasteiger partial charge in [-0.15, -0.1) is 0 Å². The van der Waals surface area contributed by atoms with Gasteiger partial charge >= 0.3 is 0 Å². The Labute approximate surface area is 196 Å². The third-order valence-electron chi connectivity index (χ3n) is 5.53. The molecule has 0 spiro atoms. The zero-order chi connectivity index (χ0) is 24.3. The molecule has 2 aromatic carbocycles. The van der Waals surface area contributed by atoms with Crippen molar-refractivity contribution in [1.29, 1.82) is 0 Å². The van der Waals surface area contributed by atoms with Crippen LogP contribution < -0.4 is 14.9 Å². The Balaban J connectivity index is 1.48. The van der Waals surface area contributed by atoms with Crippen LogP contribution in [0.15, 0.2) is 65.7 Å². The van der Waals surface area contributed by atoms with E-state index in [9.17, 15) is 23.3 Å². The highest BCUT2D eigenvalue weighted by Crippen LogP contribution is 2.27. The van der Waals surface area contributed by atoms with Gasteiger partial charge in [-0.2, -0.15) is 0 Å². The molecule has 176 valence electrons. The van der Waals surface area contributed by atoms with E-state index in [1.54, 1.807) is 18.3 Å². The first kappa shape index (κ1) is 23.2. The van der Waals surface area contributed by atoms with E-state index in [1.807, 2.05) is 0 Å². The molecule has 0 atom stereocenters. The highest BCUT2D eigenvalue weighted by atomic mass is 32.2. The molecule has 0 unspecified atom stereocenters. The predicted molar refractivity (Wildman–Crippen MR) is 129 cm³/mol. The fraction of sp³-hybridized carbons (Fsp3) is 0.217. The highest BCUT2D eigenvalue weighted by Gasteiger charge is 2.21. The number of pyridine rings is 1. The molecular weight excluding hydrogens is 458 g/mol. The number of hydrogen-bond donors (Lipinski definition) is 2. The normalized spacial score (nSPS) is 13.5. The summed E-state index contributed by atoms with van der Waals surface area (Å²) >= 11 is 0. The summed E-state index contributed by atoms with van der Waals surface area (Å²) < 4.78 is 27.8. The molecule has 11 heteroatoms. The minimum absolute atomic E-state index is 0.221. The number of anilines is 3. The van der Waals surface area contributed by atoms with E-state index >= 15 is 0 Å². The van der Waals surface area contributed by atoms with Crippen molar-refractivity contribution < 1.29 is 18.1 Å². The van der Waals surface area contributed by atoms with E-state index in [4.69, 9.17) is 0 Å². The number of carbonyl (C=O) groups excluding carboxylic acids is 1. The molecule has 1 aromatic heterocycles. The Hall–Kier alpha value is -3.99. The summed E-state index contributed by atoms with van der Waals surface area (Å²) in [4.78, 5) is 29.6. The lowest BCUT2D eigenvalue weighted by molar-refractivity contribution is -0.385. The van der Waals surface area contributed by atoms with E-state index in [0.29, 0.717) is 16.8 Å².